The number of nitrogens with one attached hydrogen (secondary N) is 1. The molecule has 0 saturated carbocycles. The first-order valence-corrected chi connectivity index (χ1v) is 3.36. The molecule has 0 atom stereocenters. The Morgan fingerprint density at radius 1 is 1.55 bits per heavy atom. The number of hydrogen-bond acceptors (Lipinski definition) is 5. The zero-order valence-electron chi connectivity index (χ0n) is 6.33. The van der Waals surface area contributed by atoms with Gasteiger partial charge in [-0.2, -0.15) is 0 Å². The van der Waals surface area contributed by atoms with Crippen LogP contribution in [0, 0.1) is 0 Å². The highest BCUT2D eigenvalue weighted by Gasteiger charge is 1.97. The van der Waals surface area contributed by atoms with Crippen LogP contribution in [0.3, 0.4) is 0 Å². The molecule has 1 aromatic heterocycles. The Morgan fingerprint density at radius 3 is 2.82 bits per heavy atom. The molecule has 1 aromatic rings. The molecule has 0 fully saturated rings. The van der Waals surface area contributed by atoms with E-state index in [1.54, 1.807) is 6.07 Å². The molecule has 0 aliphatic carbocycles. The fourth-order valence-corrected chi connectivity index (χ4v) is 0.750. The van der Waals surface area contributed by atoms with E-state index >= 15 is 0 Å². The van der Waals surface area contributed by atoms with Gasteiger partial charge in [0.25, 0.3) is 0 Å². The minimum absolute atomic E-state index is 0.435. The number of nitrogens with zero attached hydrogens (tertiary/aromatic N) is 2. The van der Waals surface area contributed by atoms with E-state index in [0.29, 0.717) is 17.5 Å². The largest absolute Gasteiger partial charge is 0.384 e. The Morgan fingerprint density at radius 2 is 2.27 bits per heavy atom. The molecule has 0 unspecified atom stereocenters. The van der Waals surface area contributed by atoms with Crippen molar-refractivity contribution in [3.05, 3.63) is 11.9 Å². The molecule has 0 radical (unpaired) electrons. The van der Waals surface area contributed by atoms with Gasteiger partial charge in [0, 0.05) is 12.5 Å². The highest BCUT2D eigenvalue weighted by molar-refractivity contribution is 5.43. The number of nitrogens with two attached hydrogens (primary N) is 2. The Kier molecular flexibility index (Phi) is 2.22. The maximum Gasteiger partial charge on any atom is 0.145 e. The number of aryl methyl sites for hydroxylation is 1. The van der Waals surface area contributed by atoms with Crippen molar-refractivity contribution in [3.8, 4) is 0 Å². The lowest BCUT2D eigenvalue weighted by molar-refractivity contribution is 0.943. The van der Waals surface area contributed by atoms with Gasteiger partial charge < -0.3 is 11.2 Å². The van der Waals surface area contributed by atoms with Gasteiger partial charge in [-0.15, -0.1) is 0 Å². The topological polar surface area (TPSA) is 89.8 Å². The Labute approximate surface area is 64.8 Å². The van der Waals surface area contributed by atoms with Crippen LogP contribution in [-0.2, 0) is 6.42 Å². The van der Waals surface area contributed by atoms with Gasteiger partial charge in [-0.1, -0.05) is 6.92 Å². The Balaban J connectivity index is 3.02. The molecule has 11 heavy (non-hydrogen) atoms. The van der Waals surface area contributed by atoms with Crippen molar-refractivity contribution < 1.29 is 0 Å². The predicted octanol–water partition coefficient (Wildman–Crippen LogP) is -0.0932. The molecule has 1 heterocycles. The average Bonchev–Trinajstić information content (AvgIpc) is 2.03. The zero-order chi connectivity index (χ0) is 8.27. The summed E-state index contributed by atoms with van der Waals surface area (Å²) in [6, 6.07) is 1.58. The smallest absolute Gasteiger partial charge is 0.145 e. The maximum absolute atomic E-state index is 5.46. The first kappa shape index (κ1) is 7.74. The van der Waals surface area contributed by atoms with Gasteiger partial charge in [-0.25, -0.2) is 15.8 Å². The van der Waals surface area contributed by atoms with Crippen LogP contribution in [0.1, 0.15) is 12.7 Å². The number of anilines is 2. The molecule has 0 saturated heterocycles. The molecule has 0 aliphatic rings. The van der Waals surface area contributed by atoms with Crippen LogP contribution in [-0.4, -0.2) is 9.97 Å². The summed E-state index contributed by atoms with van der Waals surface area (Å²) in [5.74, 6) is 6.82. The number of rotatable bonds is 2. The fourth-order valence-electron chi connectivity index (χ4n) is 0.750. The van der Waals surface area contributed by atoms with Crippen molar-refractivity contribution in [1.29, 1.82) is 0 Å². The number of hydrazine groups is 1. The molecule has 0 bridgehead atoms. The summed E-state index contributed by atoms with van der Waals surface area (Å²) in [5.41, 5.74) is 7.88. The number of aromatic nitrogens is 2. The van der Waals surface area contributed by atoms with Crippen LogP contribution in [0.4, 0.5) is 11.6 Å². The van der Waals surface area contributed by atoms with Crippen molar-refractivity contribution in [2.24, 2.45) is 5.84 Å². The van der Waals surface area contributed by atoms with Crippen LogP contribution in [0.2, 0.25) is 0 Å². The van der Waals surface area contributed by atoms with E-state index in [4.69, 9.17) is 11.6 Å². The molecule has 0 spiro atoms. The number of hydrogen-bond donors (Lipinski definition) is 3. The molecular weight excluding hydrogens is 142 g/mol. The SMILES string of the molecule is CCc1nc(N)cc(NN)n1. The molecule has 0 aliphatic heterocycles. The molecular formula is C6H11N5. The van der Waals surface area contributed by atoms with E-state index in [1.165, 1.54) is 0 Å². The van der Waals surface area contributed by atoms with Crippen LogP contribution in [0.5, 0.6) is 0 Å². The Hall–Kier alpha value is -1.36. The summed E-state index contributed by atoms with van der Waals surface area (Å²) < 4.78 is 0. The van der Waals surface area contributed by atoms with Crippen molar-refractivity contribution >= 4 is 11.6 Å². The second-order valence-electron chi connectivity index (χ2n) is 2.09. The first-order chi connectivity index (χ1) is 5.26. The van der Waals surface area contributed by atoms with Gasteiger partial charge in [-0.3, -0.25) is 0 Å². The predicted molar refractivity (Wildman–Crippen MR) is 43.6 cm³/mol. The molecule has 60 valence electrons. The van der Waals surface area contributed by atoms with Gasteiger partial charge >= 0.3 is 0 Å². The van der Waals surface area contributed by atoms with E-state index in [1.807, 2.05) is 6.92 Å². The zero-order valence-corrected chi connectivity index (χ0v) is 6.33. The third-order valence-electron chi connectivity index (χ3n) is 1.26. The summed E-state index contributed by atoms with van der Waals surface area (Å²) in [7, 11) is 0. The highest BCUT2D eigenvalue weighted by Crippen LogP contribution is 2.06. The molecule has 0 aromatic carbocycles. The molecule has 5 heteroatoms. The van der Waals surface area contributed by atoms with Crippen molar-refractivity contribution in [2.45, 2.75) is 13.3 Å². The summed E-state index contributed by atoms with van der Waals surface area (Å²) in [6.45, 7) is 1.95. The van der Waals surface area contributed by atoms with Crippen LogP contribution in [0.25, 0.3) is 0 Å². The lowest BCUT2D eigenvalue weighted by atomic mass is 10.4. The summed E-state index contributed by atoms with van der Waals surface area (Å²) in [4.78, 5) is 8.01. The maximum atomic E-state index is 5.46. The minimum atomic E-state index is 0.435. The van der Waals surface area contributed by atoms with Crippen molar-refractivity contribution in [3.63, 3.8) is 0 Å². The Bertz CT molecular complexity index is 224. The third-order valence-corrected chi connectivity index (χ3v) is 1.26. The monoisotopic (exact) mass is 153 g/mol. The molecule has 0 amide bonds. The van der Waals surface area contributed by atoms with E-state index in [-0.39, 0.29) is 0 Å². The van der Waals surface area contributed by atoms with E-state index in [0.717, 1.165) is 6.42 Å². The second kappa shape index (κ2) is 3.16. The average molecular weight is 153 g/mol. The fraction of sp³-hybridized carbons (Fsp3) is 0.333. The van der Waals surface area contributed by atoms with Crippen LogP contribution < -0.4 is 17.0 Å². The first-order valence-electron chi connectivity index (χ1n) is 3.36. The van der Waals surface area contributed by atoms with Gasteiger partial charge in [-0.05, 0) is 0 Å². The lowest BCUT2D eigenvalue weighted by Gasteiger charge is -2.01. The summed E-state index contributed by atoms with van der Waals surface area (Å²) in [5, 5.41) is 0. The highest BCUT2D eigenvalue weighted by atomic mass is 15.3. The standard InChI is InChI=1S/C6H11N5/c1-2-5-9-4(7)3-6(10-5)11-8/h3H,2,8H2,1H3,(H3,7,9,10,11). The van der Waals surface area contributed by atoms with Crippen LogP contribution >= 0.6 is 0 Å². The number of nitrogen functional groups attached to an aromatic ring is 2. The molecule has 1 rings (SSSR count). The van der Waals surface area contributed by atoms with Gasteiger partial charge in [0.15, 0.2) is 0 Å². The van der Waals surface area contributed by atoms with Crippen molar-refractivity contribution in [1.82, 2.24) is 9.97 Å². The molecule has 5 nitrogen and oxygen atoms in total. The molecule has 5 N–H and O–H groups in total. The van der Waals surface area contributed by atoms with Gasteiger partial charge in [0.2, 0.25) is 0 Å². The third kappa shape index (κ3) is 1.78. The second-order valence-corrected chi connectivity index (χ2v) is 2.09. The van der Waals surface area contributed by atoms with E-state index in [9.17, 15) is 0 Å². The summed E-state index contributed by atoms with van der Waals surface area (Å²) in [6.07, 6.45) is 0.750. The quantitative estimate of drug-likeness (QED) is 0.408. The minimum Gasteiger partial charge on any atom is -0.384 e. The summed E-state index contributed by atoms with van der Waals surface area (Å²) >= 11 is 0. The van der Waals surface area contributed by atoms with E-state index < -0.39 is 0 Å². The van der Waals surface area contributed by atoms with Crippen molar-refractivity contribution in [2.75, 3.05) is 11.2 Å². The van der Waals surface area contributed by atoms with E-state index in [2.05, 4.69) is 15.4 Å². The lowest BCUT2D eigenvalue weighted by Crippen LogP contribution is -2.11. The van der Waals surface area contributed by atoms with Gasteiger partial charge in [0.1, 0.15) is 17.5 Å². The normalized spacial score (nSPS) is 9.64. The van der Waals surface area contributed by atoms with Crippen LogP contribution in [0.15, 0.2) is 6.07 Å². The van der Waals surface area contributed by atoms with Gasteiger partial charge in [0.05, 0.1) is 0 Å².